The molecular formula is C7H15NO. The van der Waals surface area contributed by atoms with Gasteiger partial charge in [0, 0.05) is 6.04 Å². The van der Waals surface area contributed by atoms with Crippen molar-refractivity contribution in [1.82, 2.24) is 0 Å². The lowest BCUT2D eigenvalue weighted by atomic mass is 9.90. The van der Waals surface area contributed by atoms with Crippen molar-refractivity contribution in [3.63, 3.8) is 0 Å². The Kier molecular flexibility index (Phi) is 2.09. The molecule has 0 aliphatic heterocycles. The van der Waals surface area contributed by atoms with E-state index < -0.39 is 0 Å². The van der Waals surface area contributed by atoms with E-state index in [-0.39, 0.29) is 0 Å². The molecule has 1 saturated carbocycles. The monoisotopic (exact) mass is 129 g/mol. The minimum atomic E-state index is 0.312. The quantitative estimate of drug-likeness (QED) is 0.601. The van der Waals surface area contributed by atoms with Crippen molar-refractivity contribution < 1.29 is 4.74 Å². The fourth-order valence-electron chi connectivity index (χ4n) is 1.01. The molecule has 1 aliphatic carbocycles. The van der Waals surface area contributed by atoms with Gasteiger partial charge in [0.25, 0.3) is 0 Å². The molecule has 2 atom stereocenters. The van der Waals surface area contributed by atoms with Crippen LogP contribution in [0.2, 0.25) is 0 Å². The predicted molar refractivity (Wildman–Crippen MR) is 37.2 cm³/mol. The summed E-state index contributed by atoms with van der Waals surface area (Å²) >= 11 is 0. The van der Waals surface area contributed by atoms with E-state index in [0.717, 1.165) is 12.8 Å². The molecule has 0 aromatic heterocycles. The van der Waals surface area contributed by atoms with Crippen LogP contribution in [0.25, 0.3) is 0 Å². The first-order chi connectivity index (χ1) is 4.20. The summed E-state index contributed by atoms with van der Waals surface area (Å²) in [4.78, 5) is 0. The van der Waals surface area contributed by atoms with Gasteiger partial charge in [0.2, 0.25) is 0 Å². The van der Waals surface area contributed by atoms with Crippen LogP contribution in [-0.2, 0) is 4.74 Å². The molecule has 0 amide bonds. The molecule has 0 saturated heterocycles. The van der Waals surface area contributed by atoms with Gasteiger partial charge in [0.05, 0.1) is 12.2 Å². The standard InChI is InChI=1S/C7H15NO/c1-5(2)9-7-4-3-6(7)8/h5-7H,3-4,8H2,1-2H3/t6-,7+/m0/s1. The SMILES string of the molecule is CC(C)O[C@@H]1CC[C@@H]1N. The number of hydrogen-bond acceptors (Lipinski definition) is 2. The third kappa shape index (κ3) is 1.66. The van der Waals surface area contributed by atoms with Crippen LogP contribution in [-0.4, -0.2) is 18.2 Å². The van der Waals surface area contributed by atoms with Crippen LogP contribution >= 0.6 is 0 Å². The first kappa shape index (κ1) is 7.03. The summed E-state index contributed by atoms with van der Waals surface area (Å²) in [7, 11) is 0. The van der Waals surface area contributed by atoms with Gasteiger partial charge < -0.3 is 10.5 Å². The Balaban J connectivity index is 2.13. The van der Waals surface area contributed by atoms with Crippen LogP contribution in [0.1, 0.15) is 26.7 Å². The van der Waals surface area contributed by atoms with Gasteiger partial charge in [-0.3, -0.25) is 0 Å². The molecule has 0 radical (unpaired) electrons. The highest BCUT2D eigenvalue weighted by Gasteiger charge is 2.28. The summed E-state index contributed by atoms with van der Waals surface area (Å²) in [5.41, 5.74) is 5.65. The van der Waals surface area contributed by atoms with E-state index in [1.807, 2.05) is 13.8 Å². The Hall–Kier alpha value is -0.0800. The number of hydrogen-bond donors (Lipinski definition) is 1. The minimum Gasteiger partial charge on any atom is -0.374 e. The highest BCUT2D eigenvalue weighted by molar-refractivity contribution is 4.84. The normalized spacial score (nSPS) is 34.7. The summed E-state index contributed by atoms with van der Waals surface area (Å²) in [6.07, 6.45) is 2.97. The fraction of sp³-hybridized carbons (Fsp3) is 1.00. The molecule has 0 unspecified atom stereocenters. The largest absolute Gasteiger partial charge is 0.374 e. The molecule has 1 aliphatic rings. The van der Waals surface area contributed by atoms with Crippen LogP contribution in [0, 0.1) is 0 Å². The highest BCUT2D eigenvalue weighted by Crippen LogP contribution is 2.22. The number of ether oxygens (including phenoxy) is 1. The van der Waals surface area contributed by atoms with Crippen molar-refractivity contribution in [1.29, 1.82) is 0 Å². The molecule has 2 nitrogen and oxygen atoms in total. The molecule has 0 aromatic rings. The van der Waals surface area contributed by atoms with E-state index in [4.69, 9.17) is 10.5 Å². The Labute approximate surface area is 56.4 Å². The fourth-order valence-corrected chi connectivity index (χ4v) is 1.01. The van der Waals surface area contributed by atoms with Gasteiger partial charge in [0.15, 0.2) is 0 Å². The first-order valence-corrected chi connectivity index (χ1v) is 3.61. The van der Waals surface area contributed by atoms with E-state index in [1.54, 1.807) is 0 Å². The zero-order valence-corrected chi connectivity index (χ0v) is 6.13. The van der Waals surface area contributed by atoms with E-state index in [9.17, 15) is 0 Å². The zero-order chi connectivity index (χ0) is 6.85. The van der Waals surface area contributed by atoms with Gasteiger partial charge in [0.1, 0.15) is 0 Å². The van der Waals surface area contributed by atoms with Crippen LogP contribution in [0.15, 0.2) is 0 Å². The predicted octanol–water partition coefficient (Wildman–Crippen LogP) is 0.901. The molecule has 0 bridgehead atoms. The molecule has 0 aromatic carbocycles. The van der Waals surface area contributed by atoms with Crippen LogP contribution < -0.4 is 5.73 Å². The lowest BCUT2D eigenvalue weighted by molar-refractivity contribution is -0.0485. The molecule has 0 heterocycles. The first-order valence-electron chi connectivity index (χ1n) is 3.61. The van der Waals surface area contributed by atoms with Crippen molar-refractivity contribution in [2.24, 2.45) is 5.73 Å². The second kappa shape index (κ2) is 2.67. The smallest absolute Gasteiger partial charge is 0.0730 e. The van der Waals surface area contributed by atoms with Crippen molar-refractivity contribution >= 4 is 0 Å². The average Bonchev–Trinajstić information content (AvgIpc) is 1.79. The number of nitrogens with two attached hydrogens (primary N) is 1. The summed E-state index contributed by atoms with van der Waals surface area (Å²) in [6, 6.07) is 0.312. The summed E-state index contributed by atoms with van der Waals surface area (Å²) in [5, 5.41) is 0. The van der Waals surface area contributed by atoms with Gasteiger partial charge in [-0.2, -0.15) is 0 Å². The van der Waals surface area contributed by atoms with Crippen molar-refractivity contribution in [3.8, 4) is 0 Å². The highest BCUT2D eigenvalue weighted by atomic mass is 16.5. The topological polar surface area (TPSA) is 35.2 Å². The van der Waals surface area contributed by atoms with E-state index in [0.29, 0.717) is 18.2 Å². The molecule has 2 N–H and O–H groups in total. The molecule has 9 heavy (non-hydrogen) atoms. The maximum atomic E-state index is 5.65. The van der Waals surface area contributed by atoms with Crippen molar-refractivity contribution in [2.75, 3.05) is 0 Å². The van der Waals surface area contributed by atoms with E-state index in [2.05, 4.69) is 0 Å². The molecule has 2 heteroatoms. The maximum Gasteiger partial charge on any atom is 0.0730 e. The Morgan fingerprint density at radius 1 is 1.44 bits per heavy atom. The van der Waals surface area contributed by atoms with Crippen molar-refractivity contribution in [3.05, 3.63) is 0 Å². The third-order valence-corrected chi connectivity index (χ3v) is 1.71. The molecular weight excluding hydrogens is 114 g/mol. The van der Waals surface area contributed by atoms with Gasteiger partial charge >= 0.3 is 0 Å². The lowest BCUT2D eigenvalue weighted by Crippen LogP contribution is -2.46. The third-order valence-electron chi connectivity index (χ3n) is 1.71. The molecule has 1 fully saturated rings. The summed E-state index contributed by atoms with van der Waals surface area (Å²) in [6.45, 7) is 4.09. The minimum absolute atomic E-state index is 0.312. The lowest BCUT2D eigenvalue weighted by Gasteiger charge is -2.34. The van der Waals surface area contributed by atoms with Crippen molar-refractivity contribution in [2.45, 2.75) is 44.9 Å². The van der Waals surface area contributed by atoms with Gasteiger partial charge in [-0.05, 0) is 26.7 Å². The summed E-state index contributed by atoms with van der Waals surface area (Å²) < 4.78 is 5.47. The van der Waals surface area contributed by atoms with Crippen LogP contribution in [0.4, 0.5) is 0 Å². The average molecular weight is 129 g/mol. The van der Waals surface area contributed by atoms with E-state index >= 15 is 0 Å². The maximum absolute atomic E-state index is 5.65. The zero-order valence-electron chi connectivity index (χ0n) is 6.13. The Bertz CT molecular complexity index is 92.9. The second-order valence-electron chi connectivity index (χ2n) is 2.96. The summed E-state index contributed by atoms with van der Waals surface area (Å²) in [5.74, 6) is 0. The Morgan fingerprint density at radius 3 is 2.22 bits per heavy atom. The van der Waals surface area contributed by atoms with Crippen LogP contribution in [0.5, 0.6) is 0 Å². The van der Waals surface area contributed by atoms with E-state index in [1.165, 1.54) is 0 Å². The van der Waals surface area contributed by atoms with Gasteiger partial charge in [-0.25, -0.2) is 0 Å². The molecule has 54 valence electrons. The molecule has 1 rings (SSSR count). The van der Waals surface area contributed by atoms with Gasteiger partial charge in [-0.15, -0.1) is 0 Å². The Morgan fingerprint density at radius 2 is 2.11 bits per heavy atom. The molecule has 0 spiro atoms. The number of rotatable bonds is 2. The second-order valence-corrected chi connectivity index (χ2v) is 2.96. The van der Waals surface area contributed by atoms with Gasteiger partial charge in [-0.1, -0.05) is 0 Å². The van der Waals surface area contributed by atoms with Crippen LogP contribution in [0.3, 0.4) is 0 Å².